The molecule has 0 spiro atoms. The summed E-state index contributed by atoms with van der Waals surface area (Å²) in [6.45, 7) is 0. The minimum atomic E-state index is -0.673. The van der Waals surface area contributed by atoms with Crippen LogP contribution in [0.2, 0.25) is 15.1 Å². The summed E-state index contributed by atoms with van der Waals surface area (Å²) in [5.41, 5.74) is 1.59. The van der Waals surface area contributed by atoms with Crippen molar-refractivity contribution in [3.63, 3.8) is 0 Å². The smallest absolute Gasteiger partial charge is 0.0831 e. The minimum Gasteiger partial charge on any atom is -0.388 e. The van der Waals surface area contributed by atoms with Crippen molar-refractivity contribution in [1.29, 1.82) is 0 Å². The highest BCUT2D eigenvalue weighted by Gasteiger charge is 2.12. The second-order valence-electron chi connectivity index (χ2n) is 4.13. The van der Waals surface area contributed by atoms with Crippen LogP contribution in [0.5, 0.6) is 0 Å². The van der Waals surface area contributed by atoms with E-state index in [4.69, 9.17) is 34.8 Å². The molecule has 0 fully saturated rings. The summed E-state index contributed by atoms with van der Waals surface area (Å²) in [5, 5.41) is 11.7. The van der Waals surface area contributed by atoms with Gasteiger partial charge in [0.2, 0.25) is 0 Å². The molecule has 0 aliphatic rings. The fraction of sp³-hybridized carbons (Fsp3) is 0.143. The minimum absolute atomic E-state index is 0.421. The molecule has 0 radical (unpaired) electrons. The normalized spacial score (nSPS) is 12.5. The molecule has 2 aromatic rings. The Morgan fingerprint density at radius 3 is 2.32 bits per heavy atom. The topological polar surface area (TPSA) is 20.2 Å². The quantitative estimate of drug-likeness (QED) is 0.726. The molecular formula is C14H10BrCl3O. The number of aliphatic hydroxyl groups excluding tert-OH is 1. The summed E-state index contributed by atoms with van der Waals surface area (Å²) in [5.74, 6) is 0. The molecule has 0 aliphatic heterocycles. The fourth-order valence-electron chi connectivity index (χ4n) is 1.73. The third kappa shape index (κ3) is 3.87. The van der Waals surface area contributed by atoms with E-state index in [1.807, 2.05) is 12.1 Å². The summed E-state index contributed by atoms with van der Waals surface area (Å²) < 4.78 is 0.908. The lowest BCUT2D eigenvalue weighted by atomic mass is 10.0. The van der Waals surface area contributed by atoms with Crippen LogP contribution in [0.1, 0.15) is 17.2 Å². The Bertz CT molecular complexity index is 601. The number of rotatable bonds is 3. The molecule has 100 valence electrons. The molecule has 0 aliphatic carbocycles. The molecule has 19 heavy (non-hydrogen) atoms. The molecule has 1 atom stereocenters. The van der Waals surface area contributed by atoms with Gasteiger partial charge in [-0.2, -0.15) is 0 Å². The van der Waals surface area contributed by atoms with Crippen molar-refractivity contribution in [3.8, 4) is 0 Å². The van der Waals surface area contributed by atoms with E-state index in [0.29, 0.717) is 27.1 Å². The summed E-state index contributed by atoms with van der Waals surface area (Å²) in [6, 6.07) is 10.7. The predicted molar refractivity (Wildman–Crippen MR) is 84.3 cm³/mol. The Kier molecular flexibility index (Phi) is 5.15. The molecular weight excluding hydrogens is 370 g/mol. The zero-order valence-electron chi connectivity index (χ0n) is 9.71. The first-order valence-electron chi connectivity index (χ1n) is 5.54. The van der Waals surface area contributed by atoms with Gasteiger partial charge in [-0.25, -0.2) is 0 Å². The largest absolute Gasteiger partial charge is 0.388 e. The maximum absolute atomic E-state index is 10.2. The van der Waals surface area contributed by atoms with Crippen molar-refractivity contribution in [2.24, 2.45) is 0 Å². The molecule has 2 aromatic carbocycles. The van der Waals surface area contributed by atoms with Crippen LogP contribution in [0.15, 0.2) is 40.9 Å². The summed E-state index contributed by atoms with van der Waals surface area (Å²) >= 11 is 21.3. The maximum Gasteiger partial charge on any atom is 0.0831 e. The van der Waals surface area contributed by atoms with E-state index in [-0.39, 0.29) is 0 Å². The van der Waals surface area contributed by atoms with Gasteiger partial charge in [-0.1, -0.05) is 62.9 Å². The molecule has 1 nitrogen and oxygen atoms in total. The first-order valence-corrected chi connectivity index (χ1v) is 7.47. The van der Waals surface area contributed by atoms with E-state index in [1.165, 1.54) is 0 Å². The molecule has 1 N–H and O–H groups in total. The Labute approximate surface area is 135 Å². The molecule has 0 amide bonds. The number of hydrogen-bond donors (Lipinski definition) is 1. The Morgan fingerprint density at radius 1 is 0.947 bits per heavy atom. The predicted octanol–water partition coefficient (Wildman–Crippen LogP) is 5.69. The van der Waals surface area contributed by atoms with Gasteiger partial charge in [0.1, 0.15) is 0 Å². The lowest BCUT2D eigenvalue weighted by Gasteiger charge is -2.13. The Hall–Kier alpha value is -0.250. The van der Waals surface area contributed by atoms with Gasteiger partial charge in [-0.3, -0.25) is 0 Å². The van der Waals surface area contributed by atoms with Crippen LogP contribution in [0.4, 0.5) is 0 Å². The van der Waals surface area contributed by atoms with Gasteiger partial charge in [0.25, 0.3) is 0 Å². The second-order valence-corrected chi connectivity index (χ2v) is 6.27. The van der Waals surface area contributed by atoms with Crippen LogP contribution in [0.3, 0.4) is 0 Å². The van der Waals surface area contributed by atoms with Crippen LogP contribution in [0.25, 0.3) is 0 Å². The van der Waals surface area contributed by atoms with Gasteiger partial charge in [-0.15, -0.1) is 0 Å². The lowest BCUT2D eigenvalue weighted by Crippen LogP contribution is -2.02. The molecule has 2 rings (SSSR count). The number of aliphatic hydroxyl groups is 1. The number of halogens is 4. The zero-order chi connectivity index (χ0) is 14.0. The van der Waals surface area contributed by atoms with Gasteiger partial charge >= 0.3 is 0 Å². The van der Waals surface area contributed by atoms with E-state index in [9.17, 15) is 5.11 Å². The van der Waals surface area contributed by atoms with Crippen molar-refractivity contribution in [1.82, 2.24) is 0 Å². The van der Waals surface area contributed by atoms with Gasteiger partial charge in [-0.05, 0) is 35.4 Å². The maximum atomic E-state index is 10.2. The van der Waals surface area contributed by atoms with Crippen LogP contribution in [0, 0.1) is 0 Å². The fourth-order valence-corrected chi connectivity index (χ4v) is 2.79. The Balaban J connectivity index is 2.20. The Morgan fingerprint density at radius 2 is 1.68 bits per heavy atom. The highest BCUT2D eigenvalue weighted by atomic mass is 79.9. The highest BCUT2D eigenvalue weighted by Crippen LogP contribution is 2.29. The third-order valence-corrected chi connectivity index (χ3v) is 4.34. The second kappa shape index (κ2) is 6.47. The highest BCUT2D eigenvalue weighted by molar-refractivity contribution is 9.10. The van der Waals surface area contributed by atoms with Crippen molar-refractivity contribution in [2.75, 3.05) is 0 Å². The average Bonchev–Trinajstić information content (AvgIpc) is 2.36. The van der Waals surface area contributed by atoms with Gasteiger partial charge < -0.3 is 5.11 Å². The van der Waals surface area contributed by atoms with Crippen molar-refractivity contribution in [3.05, 3.63) is 67.1 Å². The van der Waals surface area contributed by atoms with Crippen LogP contribution in [-0.4, -0.2) is 5.11 Å². The lowest BCUT2D eigenvalue weighted by molar-refractivity contribution is 0.178. The van der Waals surface area contributed by atoms with Crippen molar-refractivity contribution >= 4 is 50.7 Å². The van der Waals surface area contributed by atoms with E-state index >= 15 is 0 Å². The van der Waals surface area contributed by atoms with E-state index < -0.39 is 6.10 Å². The molecule has 1 unspecified atom stereocenters. The molecule has 0 saturated heterocycles. The molecule has 0 heterocycles. The van der Waals surface area contributed by atoms with Crippen LogP contribution < -0.4 is 0 Å². The average molecular weight is 380 g/mol. The van der Waals surface area contributed by atoms with E-state index in [0.717, 1.165) is 10.0 Å². The monoisotopic (exact) mass is 378 g/mol. The molecule has 0 saturated carbocycles. The standard InChI is InChI=1S/C14H10BrCl3O/c15-10-3-1-8(12(17)7-10)6-14(19)9-2-4-11(16)13(18)5-9/h1-5,7,14,19H,6H2. The van der Waals surface area contributed by atoms with Gasteiger partial charge in [0.15, 0.2) is 0 Å². The summed E-state index contributed by atoms with van der Waals surface area (Å²) in [6.07, 6.45) is -0.252. The first-order chi connectivity index (χ1) is 8.97. The van der Waals surface area contributed by atoms with Crippen LogP contribution >= 0.6 is 50.7 Å². The summed E-state index contributed by atoms with van der Waals surface area (Å²) in [4.78, 5) is 0. The number of benzene rings is 2. The van der Waals surface area contributed by atoms with Gasteiger partial charge in [0.05, 0.1) is 16.1 Å². The molecule has 0 bridgehead atoms. The molecule has 0 aromatic heterocycles. The SMILES string of the molecule is OC(Cc1ccc(Br)cc1Cl)c1ccc(Cl)c(Cl)c1. The van der Waals surface area contributed by atoms with E-state index in [2.05, 4.69) is 15.9 Å². The zero-order valence-corrected chi connectivity index (χ0v) is 13.6. The van der Waals surface area contributed by atoms with E-state index in [1.54, 1.807) is 24.3 Å². The van der Waals surface area contributed by atoms with Gasteiger partial charge in [0, 0.05) is 15.9 Å². The third-order valence-electron chi connectivity index (χ3n) is 2.76. The number of hydrogen-bond acceptors (Lipinski definition) is 1. The molecule has 5 heteroatoms. The first kappa shape index (κ1) is 15.1. The van der Waals surface area contributed by atoms with Crippen molar-refractivity contribution in [2.45, 2.75) is 12.5 Å². The summed E-state index contributed by atoms with van der Waals surface area (Å²) in [7, 11) is 0. The van der Waals surface area contributed by atoms with Crippen molar-refractivity contribution < 1.29 is 5.11 Å². The van der Waals surface area contributed by atoms with Crippen LogP contribution in [-0.2, 0) is 6.42 Å².